The van der Waals surface area contributed by atoms with Gasteiger partial charge in [-0.05, 0) is 26.0 Å². The second kappa shape index (κ2) is 10.2. The topological polar surface area (TPSA) is 138 Å². The molecule has 29 heavy (non-hydrogen) atoms. The highest BCUT2D eigenvalue weighted by atomic mass is 19.4. The number of nitrogens with one attached hydrogen (secondary N) is 5. The SMILES string of the molecule is COC(=N)/C(=C\NCC(F)(F)F)C(=O)Nc1cccc(C(=N)N(C=N)C(C)C)n1. The van der Waals surface area contributed by atoms with Crippen molar-refractivity contribution < 1.29 is 22.7 Å². The number of carbonyl (C=O) groups is 1. The van der Waals surface area contributed by atoms with Gasteiger partial charge < -0.3 is 20.3 Å². The third kappa shape index (κ3) is 7.24. The Hall–Kier alpha value is -3.44. The average Bonchev–Trinajstić information content (AvgIpc) is 2.64. The van der Waals surface area contributed by atoms with Crippen molar-refractivity contribution in [2.45, 2.75) is 26.1 Å². The number of aromatic nitrogens is 1. The average molecular weight is 413 g/mol. The molecule has 5 N–H and O–H groups in total. The number of amidine groups is 1. The van der Waals surface area contributed by atoms with Crippen LogP contribution in [0.3, 0.4) is 0 Å². The number of rotatable bonds is 8. The van der Waals surface area contributed by atoms with Gasteiger partial charge in [0.2, 0.25) is 5.90 Å². The van der Waals surface area contributed by atoms with Crippen molar-refractivity contribution in [2.24, 2.45) is 0 Å². The van der Waals surface area contributed by atoms with E-state index in [0.717, 1.165) is 19.6 Å². The molecule has 0 radical (unpaired) electrons. The van der Waals surface area contributed by atoms with Crippen LogP contribution in [-0.2, 0) is 9.53 Å². The first-order valence-electron chi connectivity index (χ1n) is 8.29. The third-order valence-electron chi connectivity index (χ3n) is 3.43. The zero-order chi connectivity index (χ0) is 22.2. The molecule has 0 aromatic carbocycles. The molecule has 1 amide bonds. The van der Waals surface area contributed by atoms with Crippen LogP contribution < -0.4 is 10.6 Å². The number of hydrogen-bond donors (Lipinski definition) is 5. The van der Waals surface area contributed by atoms with Crippen molar-refractivity contribution in [3.8, 4) is 0 Å². The van der Waals surface area contributed by atoms with Crippen LogP contribution in [0.2, 0.25) is 0 Å². The summed E-state index contributed by atoms with van der Waals surface area (Å²) in [6.07, 6.45) is -2.79. The minimum Gasteiger partial charge on any atom is -0.481 e. The van der Waals surface area contributed by atoms with Gasteiger partial charge in [-0.1, -0.05) is 6.07 Å². The molecule has 0 saturated carbocycles. The van der Waals surface area contributed by atoms with Gasteiger partial charge in [0.1, 0.15) is 23.6 Å². The van der Waals surface area contributed by atoms with Crippen LogP contribution >= 0.6 is 0 Å². The fourth-order valence-corrected chi connectivity index (χ4v) is 2.04. The fraction of sp³-hybridized carbons (Fsp3) is 0.353. The zero-order valence-corrected chi connectivity index (χ0v) is 16.0. The molecule has 0 aliphatic heterocycles. The Labute approximate surface area is 165 Å². The van der Waals surface area contributed by atoms with E-state index in [-0.39, 0.29) is 23.4 Å². The minimum absolute atomic E-state index is 0.0107. The van der Waals surface area contributed by atoms with E-state index >= 15 is 0 Å². The Morgan fingerprint density at radius 2 is 2.00 bits per heavy atom. The second-order valence-corrected chi connectivity index (χ2v) is 5.93. The van der Waals surface area contributed by atoms with E-state index in [1.165, 1.54) is 23.1 Å². The summed E-state index contributed by atoms with van der Waals surface area (Å²) < 4.78 is 41.5. The number of alkyl halides is 3. The predicted octanol–water partition coefficient (Wildman–Crippen LogP) is 2.32. The summed E-state index contributed by atoms with van der Waals surface area (Å²) in [5, 5.41) is 27.4. The van der Waals surface area contributed by atoms with E-state index in [1.54, 1.807) is 13.8 Å². The van der Waals surface area contributed by atoms with E-state index < -0.39 is 30.1 Å². The van der Waals surface area contributed by atoms with Gasteiger partial charge in [0, 0.05) is 12.2 Å². The molecule has 0 unspecified atom stereocenters. The second-order valence-electron chi connectivity index (χ2n) is 5.93. The molecular weight excluding hydrogens is 391 g/mol. The number of pyridine rings is 1. The van der Waals surface area contributed by atoms with Crippen molar-refractivity contribution in [3.63, 3.8) is 0 Å². The van der Waals surface area contributed by atoms with Crippen LogP contribution in [0, 0.1) is 16.2 Å². The molecule has 0 spiro atoms. The van der Waals surface area contributed by atoms with E-state index in [0.29, 0.717) is 0 Å². The Kier molecular flexibility index (Phi) is 8.30. The van der Waals surface area contributed by atoms with Gasteiger partial charge in [-0.3, -0.25) is 21.0 Å². The number of anilines is 1. The van der Waals surface area contributed by atoms with Gasteiger partial charge in [0.15, 0.2) is 5.84 Å². The quantitative estimate of drug-likeness (QED) is 0.253. The summed E-state index contributed by atoms with van der Waals surface area (Å²) in [6, 6.07) is 4.27. The van der Waals surface area contributed by atoms with Crippen LogP contribution in [0.5, 0.6) is 0 Å². The molecule has 12 heteroatoms. The lowest BCUT2D eigenvalue weighted by Crippen LogP contribution is -2.36. The number of methoxy groups -OCH3 is 1. The zero-order valence-electron chi connectivity index (χ0n) is 16.0. The summed E-state index contributed by atoms with van der Waals surface area (Å²) in [6.45, 7) is 2.18. The van der Waals surface area contributed by atoms with Crippen molar-refractivity contribution in [1.29, 1.82) is 16.2 Å². The Morgan fingerprint density at radius 1 is 1.34 bits per heavy atom. The first kappa shape index (κ1) is 23.6. The first-order chi connectivity index (χ1) is 13.5. The van der Waals surface area contributed by atoms with E-state index in [4.69, 9.17) is 16.2 Å². The van der Waals surface area contributed by atoms with E-state index in [1.807, 2.05) is 5.32 Å². The Balaban J connectivity index is 3.03. The first-order valence-corrected chi connectivity index (χ1v) is 8.29. The van der Waals surface area contributed by atoms with Crippen molar-refractivity contribution in [2.75, 3.05) is 19.0 Å². The molecule has 0 saturated heterocycles. The van der Waals surface area contributed by atoms with E-state index in [2.05, 4.69) is 15.0 Å². The molecule has 0 atom stereocenters. The molecule has 0 fully saturated rings. The summed E-state index contributed by atoms with van der Waals surface area (Å²) in [7, 11) is 1.10. The maximum atomic E-state index is 12.4. The van der Waals surface area contributed by atoms with Crippen molar-refractivity contribution in [3.05, 3.63) is 35.7 Å². The van der Waals surface area contributed by atoms with Gasteiger partial charge in [-0.15, -0.1) is 0 Å². The van der Waals surface area contributed by atoms with Crippen LogP contribution in [-0.4, -0.2) is 59.7 Å². The normalized spacial score (nSPS) is 11.6. The lowest BCUT2D eigenvalue weighted by Gasteiger charge is -2.23. The molecule has 0 bridgehead atoms. The van der Waals surface area contributed by atoms with Gasteiger partial charge in [-0.25, -0.2) is 4.98 Å². The molecule has 9 nitrogen and oxygen atoms in total. The van der Waals surface area contributed by atoms with E-state index in [9.17, 15) is 18.0 Å². The largest absolute Gasteiger partial charge is 0.481 e. The number of nitrogens with zero attached hydrogens (tertiary/aromatic N) is 2. The third-order valence-corrected chi connectivity index (χ3v) is 3.43. The summed E-state index contributed by atoms with van der Waals surface area (Å²) in [5.41, 5.74) is -0.301. The van der Waals surface area contributed by atoms with Gasteiger partial charge in [0.05, 0.1) is 13.4 Å². The molecule has 1 heterocycles. The number of ether oxygens (including phenoxy) is 1. The minimum atomic E-state index is -4.50. The smallest absolute Gasteiger partial charge is 0.405 e. The molecule has 1 rings (SSSR count). The number of hydrogen-bond acceptors (Lipinski definition) is 7. The Morgan fingerprint density at radius 3 is 2.52 bits per heavy atom. The number of amides is 1. The van der Waals surface area contributed by atoms with Crippen LogP contribution in [0.1, 0.15) is 19.5 Å². The standard InChI is InChI=1S/C17H22F3N7O2/c1-10(2)27(9-21)14(22)12-5-4-6-13(25-12)26-16(28)11(15(23)29-3)7-24-8-17(18,19)20/h4-7,9-10,21-24H,8H2,1-3H3,(H,25,26,28)/b11-7+,21-9?,22-14?,23-15?. The highest BCUT2D eigenvalue weighted by molar-refractivity contribution is 6.21. The lowest BCUT2D eigenvalue weighted by atomic mass is 10.2. The molecule has 0 aliphatic carbocycles. The van der Waals surface area contributed by atoms with Crippen molar-refractivity contribution >= 4 is 29.8 Å². The fourth-order valence-electron chi connectivity index (χ4n) is 2.04. The van der Waals surface area contributed by atoms with Crippen LogP contribution in [0.25, 0.3) is 0 Å². The highest BCUT2D eigenvalue weighted by Gasteiger charge is 2.26. The lowest BCUT2D eigenvalue weighted by molar-refractivity contribution is -0.123. The molecule has 158 valence electrons. The maximum Gasteiger partial charge on any atom is 0.405 e. The van der Waals surface area contributed by atoms with Crippen molar-refractivity contribution in [1.82, 2.24) is 15.2 Å². The molecule has 0 aliphatic rings. The summed E-state index contributed by atoms with van der Waals surface area (Å²) >= 11 is 0. The monoisotopic (exact) mass is 413 g/mol. The Bertz CT molecular complexity index is 806. The van der Waals surface area contributed by atoms with Gasteiger partial charge >= 0.3 is 6.18 Å². The van der Waals surface area contributed by atoms with Gasteiger partial charge in [0.25, 0.3) is 5.91 Å². The van der Waals surface area contributed by atoms with Gasteiger partial charge in [-0.2, -0.15) is 13.2 Å². The maximum absolute atomic E-state index is 12.4. The molecular formula is C17H22F3N7O2. The highest BCUT2D eigenvalue weighted by Crippen LogP contribution is 2.13. The molecule has 1 aromatic rings. The summed E-state index contributed by atoms with van der Waals surface area (Å²) in [4.78, 5) is 17.8. The summed E-state index contributed by atoms with van der Waals surface area (Å²) in [5.74, 6) is -1.62. The number of halogens is 3. The van der Waals surface area contributed by atoms with Crippen LogP contribution in [0.4, 0.5) is 19.0 Å². The molecule has 1 aromatic heterocycles. The predicted molar refractivity (Wildman–Crippen MR) is 102 cm³/mol. The number of carbonyl (C=O) groups excluding carboxylic acids is 1. The van der Waals surface area contributed by atoms with Crippen LogP contribution in [0.15, 0.2) is 30.0 Å².